The number of rotatable bonds is 5. The summed E-state index contributed by atoms with van der Waals surface area (Å²) in [6, 6.07) is 6.51. The van der Waals surface area contributed by atoms with Crippen LogP contribution in [0.4, 0.5) is 19.0 Å². The number of methoxy groups -OCH3 is 1. The molecule has 156 valence electrons. The van der Waals surface area contributed by atoms with E-state index in [0.29, 0.717) is 11.3 Å². The summed E-state index contributed by atoms with van der Waals surface area (Å²) in [7, 11) is 0.765. The normalized spacial score (nSPS) is 13.4. The summed E-state index contributed by atoms with van der Waals surface area (Å²) < 4.78 is 46.6. The molecule has 2 N–H and O–H groups in total. The third kappa shape index (κ3) is 4.91. The fraction of sp³-hybridized carbons (Fsp3) is 0.278. The molecule has 1 aromatic carbocycles. The number of nitrogens with one attached hydrogen (secondary N) is 2. The van der Waals surface area contributed by atoms with Gasteiger partial charge in [-0.15, -0.1) is 0 Å². The molecule has 2 rings (SSSR count). The second kappa shape index (κ2) is 8.46. The number of hydrogen-bond acceptors (Lipinski definition) is 5. The number of carbonyl (C=O) groups excluding carboxylic acids is 2. The number of nitrogens with zero attached hydrogens (tertiary/aromatic N) is 1. The first-order valence-electron chi connectivity index (χ1n) is 8.06. The number of pyridine rings is 1. The maximum atomic E-state index is 14.1. The van der Waals surface area contributed by atoms with Crippen LogP contribution in [0.15, 0.2) is 30.3 Å². The molecule has 0 saturated carbocycles. The van der Waals surface area contributed by atoms with Gasteiger partial charge in [-0.2, -0.15) is 13.2 Å². The van der Waals surface area contributed by atoms with E-state index in [0.717, 1.165) is 13.2 Å². The predicted octanol–water partition coefficient (Wildman–Crippen LogP) is 4.28. The first-order valence-corrected chi connectivity index (χ1v) is 8.81. The van der Waals surface area contributed by atoms with Gasteiger partial charge in [0.1, 0.15) is 5.82 Å². The summed E-state index contributed by atoms with van der Waals surface area (Å²) in [6.45, 7) is 3.21. The first kappa shape index (κ1) is 22.8. The lowest BCUT2D eigenvalue weighted by Gasteiger charge is -2.34. The molecule has 0 aliphatic rings. The van der Waals surface area contributed by atoms with Gasteiger partial charge < -0.3 is 15.4 Å². The summed E-state index contributed by atoms with van der Waals surface area (Å²) in [4.78, 5) is 28.8. The number of hydrogen-bond donors (Lipinski definition) is 2. The van der Waals surface area contributed by atoms with Crippen LogP contribution < -0.4 is 10.6 Å². The van der Waals surface area contributed by atoms with E-state index in [-0.39, 0.29) is 21.4 Å². The topological polar surface area (TPSA) is 80.3 Å². The zero-order chi connectivity index (χ0) is 22.0. The van der Waals surface area contributed by atoms with Crippen molar-refractivity contribution < 1.29 is 27.5 Å². The number of aromatic nitrogens is 1. The Morgan fingerprint density at radius 3 is 2.28 bits per heavy atom. The number of carbonyl (C=O) groups is 2. The van der Waals surface area contributed by atoms with E-state index in [1.165, 1.54) is 18.2 Å². The lowest BCUT2D eigenvalue weighted by atomic mass is 10.1. The maximum Gasteiger partial charge on any atom is 0.441 e. The zero-order valence-electron chi connectivity index (χ0n) is 15.4. The van der Waals surface area contributed by atoms with Gasteiger partial charge in [0.2, 0.25) is 0 Å². The molecule has 1 heterocycles. The number of aryl methyl sites for hydroxylation is 2. The standard InChI is InChI=1S/C18H16Cl2F3N3O3/c1-9-6-10(2)24-14(7-9)25-17(16(28)29-3,18(21,22)23)26-15(27)12-5-4-11(19)8-13(12)20/h4-8H,1-3H3,(H,24,25)(H,26,27). The number of alkyl halides is 3. The number of anilines is 1. The Morgan fingerprint density at radius 1 is 1.10 bits per heavy atom. The third-order valence-electron chi connectivity index (χ3n) is 3.81. The van der Waals surface area contributed by atoms with Crippen LogP contribution in [0.5, 0.6) is 0 Å². The minimum Gasteiger partial charge on any atom is -0.466 e. The molecular formula is C18H16Cl2F3N3O3. The molecule has 0 radical (unpaired) electrons. The van der Waals surface area contributed by atoms with Crippen molar-refractivity contribution in [1.82, 2.24) is 10.3 Å². The fourth-order valence-electron chi connectivity index (χ4n) is 2.55. The minimum absolute atomic E-state index is 0.180. The van der Waals surface area contributed by atoms with Crippen molar-refractivity contribution in [3.05, 3.63) is 57.2 Å². The SMILES string of the molecule is COC(=O)C(NC(=O)c1ccc(Cl)cc1Cl)(Nc1cc(C)cc(C)n1)C(F)(F)F. The van der Waals surface area contributed by atoms with E-state index >= 15 is 0 Å². The highest BCUT2D eigenvalue weighted by molar-refractivity contribution is 6.36. The van der Waals surface area contributed by atoms with Crippen LogP contribution in [0, 0.1) is 13.8 Å². The van der Waals surface area contributed by atoms with Crippen molar-refractivity contribution in [2.24, 2.45) is 0 Å². The number of benzene rings is 1. The third-order valence-corrected chi connectivity index (χ3v) is 4.35. The Balaban J connectivity index is 2.56. The van der Waals surface area contributed by atoms with Crippen molar-refractivity contribution in [1.29, 1.82) is 0 Å². The number of esters is 1. The van der Waals surface area contributed by atoms with Crippen molar-refractivity contribution in [3.63, 3.8) is 0 Å². The van der Waals surface area contributed by atoms with Crippen LogP contribution in [0.25, 0.3) is 0 Å². The van der Waals surface area contributed by atoms with E-state index in [2.05, 4.69) is 9.72 Å². The predicted molar refractivity (Wildman–Crippen MR) is 102 cm³/mol. The van der Waals surface area contributed by atoms with Crippen LogP contribution in [-0.4, -0.2) is 35.8 Å². The Bertz CT molecular complexity index is 933. The van der Waals surface area contributed by atoms with Crippen molar-refractivity contribution >= 4 is 40.9 Å². The highest BCUT2D eigenvalue weighted by atomic mass is 35.5. The van der Waals surface area contributed by atoms with Gasteiger partial charge in [-0.3, -0.25) is 4.79 Å². The molecule has 0 spiro atoms. The highest BCUT2D eigenvalue weighted by Crippen LogP contribution is 2.34. The average Bonchev–Trinajstić information content (AvgIpc) is 2.58. The fourth-order valence-corrected chi connectivity index (χ4v) is 3.05. The zero-order valence-corrected chi connectivity index (χ0v) is 17.0. The summed E-state index contributed by atoms with van der Waals surface area (Å²) in [5, 5.41) is 3.64. The molecule has 1 aromatic heterocycles. The van der Waals surface area contributed by atoms with Gasteiger partial charge in [0.25, 0.3) is 5.91 Å². The van der Waals surface area contributed by atoms with E-state index in [1.54, 1.807) is 25.2 Å². The molecule has 0 aliphatic heterocycles. The molecule has 1 atom stereocenters. The van der Waals surface area contributed by atoms with Gasteiger partial charge in [-0.1, -0.05) is 23.2 Å². The van der Waals surface area contributed by atoms with Gasteiger partial charge in [0, 0.05) is 10.7 Å². The van der Waals surface area contributed by atoms with Gasteiger partial charge in [0.05, 0.1) is 17.7 Å². The second-order valence-electron chi connectivity index (χ2n) is 6.11. The summed E-state index contributed by atoms with van der Waals surface area (Å²) >= 11 is 11.7. The molecule has 6 nitrogen and oxygen atoms in total. The average molecular weight is 450 g/mol. The Hall–Kier alpha value is -2.52. The minimum atomic E-state index is -5.30. The van der Waals surface area contributed by atoms with Gasteiger partial charge in [0.15, 0.2) is 0 Å². The van der Waals surface area contributed by atoms with E-state index in [1.807, 2.05) is 5.32 Å². The molecule has 1 unspecified atom stereocenters. The van der Waals surface area contributed by atoms with Crippen LogP contribution in [0.2, 0.25) is 10.0 Å². The van der Waals surface area contributed by atoms with Gasteiger partial charge >= 0.3 is 17.8 Å². The lowest BCUT2D eigenvalue weighted by molar-refractivity contribution is -0.203. The monoisotopic (exact) mass is 449 g/mol. The van der Waals surface area contributed by atoms with Crippen molar-refractivity contribution in [2.45, 2.75) is 25.7 Å². The Labute approximate surface area is 174 Å². The van der Waals surface area contributed by atoms with E-state index in [9.17, 15) is 22.8 Å². The largest absolute Gasteiger partial charge is 0.466 e. The number of ether oxygens (including phenoxy) is 1. The Morgan fingerprint density at radius 2 is 1.76 bits per heavy atom. The maximum absolute atomic E-state index is 14.1. The van der Waals surface area contributed by atoms with Crippen LogP contribution >= 0.6 is 23.2 Å². The van der Waals surface area contributed by atoms with Crippen LogP contribution in [0.1, 0.15) is 21.6 Å². The van der Waals surface area contributed by atoms with Crippen molar-refractivity contribution in [3.8, 4) is 0 Å². The van der Waals surface area contributed by atoms with Gasteiger partial charge in [-0.25, -0.2) is 9.78 Å². The molecular weight excluding hydrogens is 434 g/mol. The molecule has 0 fully saturated rings. The number of amides is 1. The Kier molecular flexibility index (Phi) is 6.64. The van der Waals surface area contributed by atoms with E-state index < -0.39 is 23.7 Å². The molecule has 2 aromatic rings. The van der Waals surface area contributed by atoms with E-state index in [4.69, 9.17) is 23.2 Å². The summed E-state index contributed by atoms with van der Waals surface area (Å²) in [6.07, 6.45) is -5.30. The smallest absolute Gasteiger partial charge is 0.441 e. The van der Waals surface area contributed by atoms with Crippen LogP contribution in [-0.2, 0) is 9.53 Å². The highest BCUT2D eigenvalue weighted by Gasteiger charge is 2.63. The quantitative estimate of drug-likeness (QED) is 0.525. The summed E-state index contributed by atoms with van der Waals surface area (Å²) in [5.74, 6) is -3.34. The molecule has 11 heteroatoms. The first-order chi connectivity index (χ1) is 13.4. The molecule has 29 heavy (non-hydrogen) atoms. The van der Waals surface area contributed by atoms with Crippen LogP contribution in [0.3, 0.4) is 0 Å². The lowest BCUT2D eigenvalue weighted by Crippen LogP contribution is -2.69. The molecule has 1 amide bonds. The molecule has 0 bridgehead atoms. The molecule has 0 saturated heterocycles. The van der Waals surface area contributed by atoms with Gasteiger partial charge in [-0.05, 0) is 49.7 Å². The second-order valence-corrected chi connectivity index (χ2v) is 6.96. The summed E-state index contributed by atoms with van der Waals surface area (Å²) in [5.41, 5.74) is -2.94. The van der Waals surface area contributed by atoms with Crippen molar-refractivity contribution in [2.75, 3.05) is 12.4 Å². The number of halogens is 5. The molecule has 0 aliphatic carbocycles.